The summed E-state index contributed by atoms with van der Waals surface area (Å²) >= 11 is 0. The molecule has 0 aliphatic rings. The third-order valence-corrected chi connectivity index (χ3v) is 4.02. The van der Waals surface area contributed by atoms with E-state index in [1.165, 1.54) is 6.07 Å². The second-order valence-corrected chi connectivity index (χ2v) is 5.75. The Morgan fingerprint density at radius 3 is 2.56 bits per heavy atom. The Hall–Kier alpha value is -2.64. The first-order valence-corrected chi connectivity index (χ1v) is 7.87. The number of rotatable bonds is 6. The topological polar surface area (TPSA) is 63.0 Å². The maximum atomic E-state index is 13.7. The number of halogens is 2. The molecule has 0 aliphatic carbocycles. The van der Waals surface area contributed by atoms with Crippen molar-refractivity contribution in [3.63, 3.8) is 0 Å². The molecule has 0 spiro atoms. The van der Waals surface area contributed by atoms with Gasteiger partial charge < -0.3 is 10.4 Å². The van der Waals surface area contributed by atoms with Gasteiger partial charge in [0.1, 0.15) is 11.6 Å². The van der Waals surface area contributed by atoms with Crippen LogP contribution in [0.5, 0.6) is 0 Å². The number of hydrogen-bond acceptors (Lipinski definition) is 4. The van der Waals surface area contributed by atoms with E-state index in [2.05, 4.69) is 15.6 Å². The lowest BCUT2D eigenvalue weighted by Crippen LogP contribution is -2.25. The monoisotopic (exact) mass is 344 g/mol. The molecule has 0 radical (unpaired) electrons. The molecule has 3 rings (SSSR count). The average Bonchev–Trinajstić information content (AvgIpc) is 3.14. The first-order chi connectivity index (χ1) is 12.0. The highest BCUT2D eigenvalue weighted by Gasteiger charge is 2.15. The van der Waals surface area contributed by atoms with E-state index in [1.54, 1.807) is 17.1 Å². The molecular weight excluding hydrogens is 326 g/mol. The Kier molecular flexibility index (Phi) is 5.16. The lowest BCUT2D eigenvalue weighted by molar-refractivity contribution is 0.166. The SMILES string of the molecule is CC(NCC(O)c1ccc(F)cc1F)c1ccc(-n2ccnn2)cc1. The third kappa shape index (κ3) is 4.07. The predicted molar refractivity (Wildman–Crippen MR) is 89.1 cm³/mol. The maximum Gasteiger partial charge on any atom is 0.131 e. The Morgan fingerprint density at radius 2 is 1.92 bits per heavy atom. The van der Waals surface area contributed by atoms with Crippen LogP contribution in [-0.4, -0.2) is 26.6 Å². The van der Waals surface area contributed by atoms with E-state index >= 15 is 0 Å². The summed E-state index contributed by atoms with van der Waals surface area (Å²) in [6, 6.07) is 10.8. The molecule has 0 saturated heterocycles. The van der Waals surface area contributed by atoms with Crippen LogP contribution in [-0.2, 0) is 0 Å². The fourth-order valence-corrected chi connectivity index (χ4v) is 2.55. The number of nitrogens with one attached hydrogen (secondary N) is 1. The second-order valence-electron chi connectivity index (χ2n) is 5.75. The van der Waals surface area contributed by atoms with Gasteiger partial charge in [-0.05, 0) is 30.7 Å². The number of aliphatic hydroxyl groups is 1. The van der Waals surface area contributed by atoms with Gasteiger partial charge in [0.15, 0.2) is 0 Å². The van der Waals surface area contributed by atoms with Crippen molar-refractivity contribution >= 4 is 0 Å². The van der Waals surface area contributed by atoms with Gasteiger partial charge in [-0.1, -0.05) is 23.4 Å². The summed E-state index contributed by atoms with van der Waals surface area (Å²) in [6.45, 7) is 2.09. The molecule has 7 heteroatoms. The minimum Gasteiger partial charge on any atom is -0.387 e. The van der Waals surface area contributed by atoms with Crippen molar-refractivity contribution < 1.29 is 13.9 Å². The van der Waals surface area contributed by atoms with Crippen molar-refractivity contribution in [1.82, 2.24) is 20.3 Å². The fourth-order valence-electron chi connectivity index (χ4n) is 2.55. The molecule has 2 atom stereocenters. The van der Waals surface area contributed by atoms with Gasteiger partial charge in [-0.2, -0.15) is 0 Å². The summed E-state index contributed by atoms with van der Waals surface area (Å²) in [5.41, 5.74) is 1.97. The van der Waals surface area contributed by atoms with Crippen LogP contribution in [0.3, 0.4) is 0 Å². The van der Waals surface area contributed by atoms with Crippen molar-refractivity contribution in [3.8, 4) is 5.69 Å². The highest BCUT2D eigenvalue weighted by molar-refractivity contribution is 5.34. The Labute approximate surface area is 143 Å². The second kappa shape index (κ2) is 7.50. The van der Waals surface area contributed by atoms with Gasteiger partial charge in [-0.15, -0.1) is 5.10 Å². The number of benzene rings is 2. The minimum absolute atomic E-state index is 0.0528. The quantitative estimate of drug-likeness (QED) is 0.722. The Balaban J connectivity index is 1.61. The molecule has 3 aromatic rings. The zero-order valence-electron chi connectivity index (χ0n) is 13.6. The maximum absolute atomic E-state index is 13.7. The average molecular weight is 344 g/mol. The van der Waals surface area contributed by atoms with Crippen molar-refractivity contribution in [1.29, 1.82) is 0 Å². The molecule has 0 fully saturated rings. The molecule has 5 nitrogen and oxygen atoms in total. The highest BCUT2D eigenvalue weighted by Crippen LogP contribution is 2.20. The minimum atomic E-state index is -1.06. The summed E-state index contributed by atoms with van der Waals surface area (Å²) in [5.74, 6) is -1.42. The molecule has 1 heterocycles. The molecule has 25 heavy (non-hydrogen) atoms. The third-order valence-electron chi connectivity index (χ3n) is 4.02. The van der Waals surface area contributed by atoms with Crippen molar-refractivity contribution in [2.45, 2.75) is 19.1 Å². The molecular formula is C18H18F2N4O. The first kappa shape index (κ1) is 17.2. The molecule has 1 aromatic heterocycles. The van der Waals surface area contributed by atoms with Crippen LogP contribution in [0.15, 0.2) is 54.9 Å². The summed E-state index contributed by atoms with van der Waals surface area (Å²) in [4.78, 5) is 0. The van der Waals surface area contributed by atoms with Gasteiger partial charge in [-0.3, -0.25) is 0 Å². The molecule has 0 bridgehead atoms. The molecule has 2 unspecified atom stereocenters. The zero-order chi connectivity index (χ0) is 17.8. The van der Waals surface area contributed by atoms with Crippen LogP contribution in [0, 0.1) is 11.6 Å². The van der Waals surface area contributed by atoms with Crippen molar-refractivity contribution in [2.24, 2.45) is 0 Å². The summed E-state index contributed by atoms with van der Waals surface area (Å²) in [6.07, 6.45) is 2.30. The number of aliphatic hydroxyl groups excluding tert-OH is 1. The van der Waals surface area contributed by atoms with E-state index < -0.39 is 17.7 Å². The number of nitrogens with zero attached hydrogens (tertiary/aromatic N) is 3. The summed E-state index contributed by atoms with van der Waals surface area (Å²) in [5, 5.41) is 21.0. The molecule has 0 aliphatic heterocycles. The van der Waals surface area contributed by atoms with Crippen molar-refractivity contribution in [3.05, 3.63) is 77.6 Å². The molecule has 2 N–H and O–H groups in total. The summed E-state index contributed by atoms with van der Waals surface area (Å²) < 4.78 is 28.3. The molecule has 0 saturated carbocycles. The standard InChI is InChI=1S/C18H18F2N4O/c1-12(13-2-5-15(6-3-13)24-9-8-22-23-24)21-11-18(25)16-7-4-14(19)10-17(16)20/h2-10,12,18,21,25H,11H2,1H3. The van der Waals surface area contributed by atoms with Gasteiger partial charge in [0.05, 0.1) is 24.2 Å². The van der Waals surface area contributed by atoms with Gasteiger partial charge in [-0.25, -0.2) is 13.5 Å². The first-order valence-electron chi connectivity index (χ1n) is 7.87. The molecule has 0 amide bonds. The van der Waals surface area contributed by atoms with Crippen LogP contribution in [0.1, 0.15) is 30.2 Å². The van der Waals surface area contributed by atoms with Gasteiger partial charge in [0, 0.05) is 24.2 Å². The lowest BCUT2D eigenvalue weighted by atomic mass is 10.1. The van der Waals surface area contributed by atoms with E-state index in [0.29, 0.717) is 0 Å². The normalized spacial score (nSPS) is 13.6. The lowest BCUT2D eigenvalue weighted by Gasteiger charge is -2.18. The van der Waals surface area contributed by atoms with E-state index in [-0.39, 0.29) is 18.2 Å². The molecule has 130 valence electrons. The van der Waals surface area contributed by atoms with Crippen LogP contribution in [0.25, 0.3) is 5.69 Å². The largest absolute Gasteiger partial charge is 0.387 e. The van der Waals surface area contributed by atoms with E-state index in [9.17, 15) is 13.9 Å². The van der Waals surface area contributed by atoms with Crippen molar-refractivity contribution in [2.75, 3.05) is 6.54 Å². The fraction of sp³-hybridized carbons (Fsp3) is 0.222. The predicted octanol–water partition coefficient (Wildman–Crippen LogP) is 2.93. The van der Waals surface area contributed by atoms with Gasteiger partial charge in [0.2, 0.25) is 0 Å². The van der Waals surface area contributed by atoms with Crippen LogP contribution >= 0.6 is 0 Å². The van der Waals surface area contributed by atoms with Gasteiger partial charge >= 0.3 is 0 Å². The van der Waals surface area contributed by atoms with E-state index in [0.717, 1.165) is 23.4 Å². The van der Waals surface area contributed by atoms with Crippen LogP contribution in [0.4, 0.5) is 8.78 Å². The van der Waals surface area contributed by atoms with Crippen LogP contribution in [0.2, 0.25) is 0 Å². The number of hydrogen-bond donors (Lipinski definition) is 2. The Morgan fingerprint density at radius 1 is 1.16 bits per heavy atom. The zero-order valence-corrected chi connectivity index (χ0v) is 13.6. The highest BCUT2D eigenvalue weighted by atomic mass is 19.1. The summed E-state index contributed by atoms with van der Waals surface area (Å²) in [7, 11) is 0. The smallest absolute Gasteiger partial charge is 0.131 e. The van der Waals surface area contributed by atoms with Crippen LogP contribution < -0.4 is 5.32 Å². The van der Waals surface area contributed by atoms with E-state index in [1.807, 2.05) is 31.2 Å². The Bertz CT molecular complexity index is 822. The molecule has 2 aromatic carbocycles. The van der Waals surface area contributed by atoms with Gasteiger partial charge in [0.25, 0.3) is 0 Å². The number of aromatic nitrogens is 3. The van der Waals surface area contributed by atoms with E-state index in [4.69, 9.17) is 0 Å².